The van der Waals surface area contributed by atoms with Crippen molar-refractivity contribution in [3.63, 3.8) is 0 Å². The van der Waals surface area contributed by atoms with Gasteiger partial charge in [-0.2, -0.15) is 0 Å². The van der Waals surface area contributed by atoms with Crippen LogP contribution in [-0.2, 0) is 0 Å². The first-order valence-corrected chi connectivity index (χ1v) is 9.72. The zero-order valence-electron chi connectivity index (χ0n) is 15.5. The van der Waals surface area contributed by atoms with Crippen molar-refractivity contribution in [2.75, 3.05) is 0 Å². The fourth-order valence-electron chi connectivity index (χ4n) is 2.32. The highest BCUT2D eigenvalue weighted by molar-refractivity contribution is 4.48. The van der Waals surface area contributed by atoms with Gasteiger partial charge < -0.3 is 0 Å². The third-order valence-corrected chi connectivity index (χ3v) is 4.20. The van der Waals surface area contributed by atoms with E-state index < -0.39 is 0 Å². The van der Waals surface area contributed by atoms with E-state index >= 15 is 0 Å². The molecule has 0 bridgehead atoms. The third kappa shape index (κ3) is 23.1. The van der Waals surface area contributed by atoms with E-state index in [0.29, 0.717) is 0 Å². The van der Waals surface area contributed by atoms with Crippen molar-refractivity contribution in [1.82, 2.24) is 0 Å². The monoisotopic (exact) mass is 284 g/mol. The summed E-state index contributed by atoms with van der Waals surface area (Å²) in [6.07, 6.45) is 20.0. The van der Waals surface area contributed by atoms with Crippen LogP contribution in [0.3, 0.4) is 0 Å². The zero-order chi connectivity index (χ0) is 15.5. The van der Waals surface area contributed by atoms with Gasteiger partial charge in [0.15, 0.2) is 0 Å². The third-order valence-electron chi connectivity index (χ3n) is 4.20. The molecule has 0 aliphatic heterocycles. The van der Waals surface area contributed by atoms with Gasteiger partial charge in [-0.25, -0.2) is 0 Å². The lowest BCUT2D eigenvalue weighted by atomic mass is 10.0. The molecule has 0 heterocycles. The van der Waals surface area contributed by atoms with Gasteiger partial charge in [0, 0.05) is 0 Å². The van der Waals surface area contributed by atoms with Gasteiger partial charge in [-0.05, 0) is 5.92 Å². The molecule has 0 aliphatic carbocycles. The first-order chi connectivity index (χ1) is 9.72. The molecule has 0 fully saturated rings. The van der Waals surface area contributed by atoms with Crippen molar-refractivity contribution in [2.45, 2.75) is 125 Å². The molecule has 0 aliphatic rings. The highest BCUT2D eigenvalue weighted by Crippen LogP contribution is 2.10. The Labute approximate surface area is 131 Å². The molecular formula is C20H44. The van der Waals surface area contributed by atoms with E-state index in [4.69, 9.17) is 0 Å². The minimum Gasteiger partial charge on any atom is -0.0654 e. The minimum atomic E-state index is 0.954. The van der Waals surface area contributed by atoms with Crippen LogP contribution in [0, 0.1) is 5.92 Å². The summed E-state index contributed by atoms with van der Waals surface area (Å²) in [4.78, 5) is 0. The summed E-state index contributed by atoms with van der Waals surface area (Å²) in [7, 11) is 0. The van der Waals surface area contributed by atoms with E-state index in [-0.39, 0.29) is 0 Å². The molecule has 0 nitrogen and oxygen atoms in total. The first kappa shape index (κ1) is 22.3. The molecule has 20 heavy (non-hydrogen) atoms. The molecule has 124 valence electrons. The molecule has 0 aromatic carbocycles. The van der Waals surface area contributed by atoms with Gasteiger partial charge in [0.05, 0.1) is 0 Å². The second-order valence-corrected chi connectivity index (χ2v) is 6.48. The van der Waals surface area contributed by atoms with Crippen LogP contribution in [0.5, 0.6) is 0 Å². The van der Waals surface area contributed by atoms with Crippen molar-refractivity contribution in [2.24, 2.45) is 5.92 Å². The van der Waals surface area contributed by atoms with Crippen LogP contribution in [0.4, 0.5) is 0 Å². The van der Waals surface area contributed by atoms with E-state index in [9.17, 15) is 0 Å². The van der Waals surface area contributed by atoms with Gasteiger partial charge in [0.2, 0.25) is 0 Å². The van der Waals surface area contributed by atoms with Crippen LogP contribution in [0.15, 0.2) is 0 Å². The van der Waals surface area contributed by atoms with Crippen LogP contribution < -0.4 is 0 Å². The van der Waals surface area contributed by atoms with Gasteiger partial charge in [-0.15, -0.1) is 0 Å². The van der Waals surface area contributed by atoms with Crippen molar-refractivity contribution >= 4 is 0 Å². The highest BCUT2D eigenvalue weighted by atomic mass is 14.0. The van der Waals surface area contributed by atoms with E-state index in [1.54, 1.807) is 0 Å². The van der Waals surface area contributed by atoms with Crippen LogP contribution in [-0.4, -0.2) is 0 Å². The molecule has 0 N–H and O–H groups in total. The average Bonchev–Trinajstić information content (AvgIpc) is 2.48. The minimum absolute atomic E-state index is 0.954. The summed E-state index contributed by atoms with van der Waals surface area (Å²) in [5.74, 6) is 0.954. The van der Waals surface area contributed by atoms with Gasteiger partial charge in [0.1, 0.15) is 0 Å². The van der Waals surface area contributed by atoms with Gasteiger partial charge in [-0.3, -0.25) is 0 Å². The van der Waals surface area contributed by atoms with E-state index in [1.165, 1.54) is 89.9 Å². The zero-order valence-corrected chi connectivity index (χ0v) is 15.5. The number of hydrogen-bond donors (Lipinski definition) is 0. The Bertz CT molecular complexity index is 129. The van der Waals surface area contributed by atoms with Crippen LogP contribution in [0.25, 0.3) is 0 Å². The fourth-order valence-corrected chi connectivity index (χ4v) is 2.32. The highest BCUT2D eigenvalue weighted by Gasteiger charge is 1.94. The van der Waals surface area contributed by atoms with Crippen molar-refractivity contribution < 1.29 is 0 Å². The fraction of sp³-hybridized carbons (Fsp3) is 1.00. The maximum absolute atomic E-state index is 2.33. The predicted octanol–water partition coefficient (Wildman–Crippen LogP) is 8.15. The molecule has 0 heteroatoms. The topological polar surface area (TPSA) is 0 Å². The summed E-state index contributed by atoms with van der Waals surface area (Å²) in [6.45, 7) is 11.4. The smallest absolute Gasteiger partial charge is 0.0445 e. The lowest BCUT2D eigenvalue weighted by molar-refractivity contribution is 0.492. The Balaban J connectivity index is 0. The summed E-state index contributed by atoms with van der Waals surface area (Å²) < 4.78 is 0. The maximum atomic E-state index is 2.33. The van der Waals surface area contributed by atoms with Gasteiger partial charge in [-0.1, -0.05) is 125 Å². The van der Waals surface area contributed by atoms with E-state index in [1.807, 2.05) is 0 Å². The largest absolute Gasteiger partial charge is 0.0654 e. The Morgan fingerprint density at radius 1 is 0.500 bits per heavy atom. The quantitative estimate of drug-likeness (QED) is 0.299. The molecular weight excluding hydrogens is 240 g/mol. The van der Waals surface area contributed by atoms with E-state index in [0.717, 1.165) is 5.92 Å². The Kier molecular flexibility index (Phi) is 23.7. The number of unbranched alkanes of at least 4 members (excludes halogenated alkanes) is 10. The van der Waals surface area contributed by atoms with E-state index in [2.05, 4.69) is 34.6 Å². The molecule has 0 amide bonds. The second-order valence-electron chi connectivity index (χ2n) is 6.48. The molecule has 0 saturated heterocycles. The molecule has 0 aromatic heterocycles. The lowest BCUT2D eigenvalue weighted by Crippen LogP contribution is -1.89. The Morgan fingerprint density at radius 3 is 1.15 bits per heavy atom. The molecule has 1 atom stereocenters. The lowest BCUT2D eigenvalue weighted by Gasteiger charge is -2.04. The summed E-state index contributed by atoms with van der Waals surface area (Å²) in [6, 6.07) is 0. The molecule has 0 spiro atoms. The molecule has 0 aromatic rings. The predicted molar refractivity (Wildman–Crippen MR) is 96.5 cm³/mol. The molecule has 0 rings (SSSR count). The van der Waals surface area contributed by atoms with Crippen LogP contribution >= 0.6 is 0 Å². The van der Waals surface area contributed by atoms with Crippen molar-refractivity contribution in [1.29, 1.82) is 0 Å². The van der Waals surface area contributed by atoms with Crippen LogP contribution in [0.1, 0.15) is 125 Å². The standard InChI is InChI=1S/C12H26.C8H18/c1-3-5-7-9-11-12-10-8-6-4-2;1-4-6-7-8(3)5-2/h3-12H2,1-2H3;8H,4-7H2,1-3H3. The summed E-state index contributed by atoms with van der Waals surface area (Å²) in [5, 5.41) is 0. The maximum Gasteiger partial charge on any atom is -0.0445 e. The second kappa shape index (κ2) is 21.3. The van der Waals surface area contributed by atoms with Crippen molar-refractivity contribution in [3.05, 3.63) is 0 Å². The van der Waals surface area contributed by atoms with Gasteiger partial charge in [0.25, 0.3) is 0 Å². The summed E-state index contributed by atoms with van der Waals surface area (Å²) >= 11 is 0. The number of rotatable bonds is 13. The van der Waals surface area contributed by atoms with Crippen LogP contribution in [0.2, 0.25) is 0 Å². The molecule has 0 radical (unpaired) electrons. The normalized spacial score (nSPS) is 11.8. The number of hydrogen-bond acceptors (Lipinski definition) is 0. The molecule has 1 unspecified atom stereocenters. The SMILES string of the molecule is CCCCC(C)CC.CCCCCCCCCCCC. The molecule has 0 saturated carbocycles. The Morgan fingerprint density at radius 2 is 0.850 bits per heavy atom. The Hall–Kier alpha value is 0. The summed E-state index contributed by atoms with van der Waals surface area (Å²) in [5.41, 5.74) is 0. The average molecular weight is 285 g/mol. The van der Waals surface area contributed by atoms with Crippen molar-refractivity contribution in [3.8, 4) is 0 Å². The van der Waals surface area contributed by atoms with Gasteiger partial charge >= 0.3 is 0 Å². The first-order valence-electron chi connectivity index (χ1n) is 9.72.